The highest BCUT2D eigenvalue weighted by Crippen LogP contribution is 2.11. The van der Waals surface area contributed by atoms with Gasteiger partial charge in [-0.1, -0.05) is 24.3 Å². The fourth-order valence-electron chi connectivity index (χ4n) is 1.65. The fraction of sp³-hybridized carbons (Fsp3) is 0.357. The molecule has 1 rings (SSSR count). The molecule has 0 bridgehead atoms. The molecule has 0 saturated carbocycles. The lowest BCUT2D eigenvalue weighted by atomic mass is 10.0. The predicted molar refractivity (Wildman–Crippen MR) is 69.5 cm³/mol. The summed E-state index contributed by atoms with van der Waals surface area (Å²) in [5, 5.41) is 0. The molecule has 0 spiro atoms. The number of hydrogen-bond acceptors (Lipinski definition) is 3. The molecule has 2 N–H and O–H groups in total. The zero-order chi connectivity index (χ0) is 12.8. The van der Waals surface area contributed by atoms with E-state index in [1.54, 1.807) is 6.92 Å². The van der Waals surface area contributed by atoms with Gasteiger partial charge in [0, 0.05) is 11.6 Å². The van der Waals surface area contributed by atoms with Crippen LogP contribution in [0.4, 0.5) is 0 Å². The molecule has 1 atom stereocenters. The minimum absolute atomic E-state index is 0.135. The summed E-state index contributed by atoms with van der Waals surface area (Å²) < 4.78 is 4.65. The van der Waals surface area contributed by atoms with E-state index in [2.05, 4.69) is 4.74 Å². The molecule has 0 fully saturated rings. The van der Waals surface area contributed by atoms with Crippen molar-refractivity contribution in [3.05, 3.63) is 41.0 Å². The molecule has 0 aliphatic rings. The van der Waals surface area contributed by atoms with Crippen LogP contribution in [0.1, 0.15) is 25.0 Å². The quantitative estimate of drug-likeness (QED) is 0.640. The third-order valence-electron chi connectivity index (χ3n) is 2.40. The molecule has 0 heterocycles. The maximum atomic E-state index is 11.3. The van der Waals surface area contributed by atoms with Gasteiger partial charge in [0.05, 0.1) is 7.11 Å². The van der Waals surface area contributed by atoms with Gasteiger partial charge in [0.2, 0.25) is 0 Å². The second-order valence-electron chi connectivity index (χ2n) is 4.25. The molecule has 0 radical (unpaired) electrons. The lowest BCUT2D eigenvalue weighted by Crippen LogP contribution is -2.17. The molecule has 1 aromatic carbocycles. The SMILES string of the molecule is COC(=O)C(C)=Cc1cccc(CC(C)N)c1. The summed E-state index contributed by atoms with van der Waals surface area (Å²) in [4.78, 5) is 11.3. The van der Waals surface area contributed by atoms with Crippen LogP contribution in [0.15, 0.2) is 29.8 Å². The van der Waals surface area contributed by atoms with Crippen LogP contribution in [-0.4, -0.2) is 19.1 Å². The second-order valence-corrected chi connectivity index (χ2v) is 4.25. The number of nitrogens with two attached hydrogens (primary N) is 1. The average molecular weight is 233 g/mol. The number of rotatable bonds is 4. The topological polar surface area (TPSA) is 52.3 Å². The summed E-state index contributed by atoms with van der Waals surface area (Å²) in [6.45, 7) is 3.71. The van der Waals surface area contributed by atoms with Gasteiger partial charge < -0.3 is 10.5 Å². The molecule has 0 aliphatic heterocycles. The number of carbonyl (C=O) groups excluding carboxylic acids is 1. The Hall–Kier alpha value is -1.61. The number of esters is 1. The Morgan fingerprint density at radius 1 is 1.53 bits per heavy atom. The minimum Gasteiger partial charge on any atom is -0.466 e. The predicted octanol–water partition coefficient (Wildman–Crippen LogP) is 2.15. The summed E-state index contributed by atoms with van der Waals surface area (Å²) in [6.07, 6.45) is 2.65. The van der Waals surface area contributed by atoms with E-state index >= 15 is 0 Å². The molecule has 17 heavy (non-hydrogen) atoms. The van der Waals surface area contributed by atoms with Crippen LogP contribution in [0.2, 0.25) is 0 Å². The van der Waals surface area contributed by atoms with E-state index in [9.17, 15) is 4.79 Å². The van der Waals surface area contributed by atoms with E-state index < -0.39 is 0 Å². The van der Waals surface area contributed by atoms with Crippen molar-refractivity contribution in [3.63, 3.8) is 0 Å². The molecule has 0 aliphatic carbocycles. The van der Waals surface area contributed by atoms with Crippen LogP contribution in [0.3, 0.4) is 0 Å². The van der Waals surface area contributed by atoms with E-state index in [1.807, 2.05) is 37.3 Å². The van der Waals surface area contributed by atoms with Gasteiger partial charge in [-0.25, -0.2) is 4.79 Å². The van der Waals surface area contributed by atoms with E-state index in [0.29, 0.717) is 5.57 Å². The van der Waals surface area contributed by atoms with E-state index in [0.717, 1.165) is 12.0 Å². The van der Waals surface area contributed by atoms with Crippen molar-refractivity contribution < 1.29 is 9.53 Å². The first-order valence-corrected chi connectivity index (χ1v) is 5.64. The maximum absolute atomic E-state index is 11.3. The monoisotopic (exact) mass is 233 g/mol. The Morgan fingerprint density at radius 3 is 2.82 bits per heavy atom. The maximum Gasteiger partial charge on any atom is 0.333 e. The Bertz CT molecular complexity index is 422. The van der Waals surface area contributed by atoms with Gasteiger partial charge in [0.1, 0.15) is 0 Å². The Morgan fingerprint density at radius 2 is 2.24 bits per heavy atom. The molecule has 3 heteroatoms. The van der Waals surface area contributed by atoms with Crippen molar-refractivity contribution in [1.29, 1.82) is 0 Å². The van der Waals surface area contributed by atoms with Gasteiger partial charge in [-0.2, -0.15) is 0 Å². The number of carbonyl (C=O) groups is 1. The van der Waals surface area contributed by atoms with Crippen molar-refractivity contribution >= 4 is 12.0 Å². The number of benzene rings is 1. The van der Waals surface area contributed by atoms with Crippen molar-refractivity contribution in [2.45, 2.75) is 26.3 Å². The second kappa shape index (κ2) is 6.21. The molecular formula is C14H19NO2. The smallest absolute Gasteiger partial charge is 0.333 e. The van der Waals surface area contributed by atoms with Crippen molar-refractivity contribution in [2.24, 2.45) is 5.73 Å². The van der Waals surface area contributed by atoms with Gasteiger partial charge in [0.25, 0.3) is 0 Å². The molecule has 0 amide bonds. The summed E-state index contributed by atoms with van der Waals surface area (Å²) in [7, 11) is 1.38. The van der Waals surface area contributed by atoms with E-state index in [4.69, 9.17) is 5.73 Å². The van der Waals surface area contributed by atoms with E-state index in [1.165, 1.54) is 12.7 Å². The van der Waals surface area contributed by atoms with Crippen molar-refractivity contribution in [2.75, 3.05) is 7.11 Å². The molecule has 92 valence electrons. The van der Waals surface area contributed by atoms with Crippen LogP contribution >= 0.6 is 0 Å². The molecule has 1 aromatic rings. The summed E-state index contributed by atoms with van der Waals surface area (Å²) in [6, 6.07) is 8.13. The highest BCUT2D eigenvalue weighted by Gasteiger charge is 2.03. The van der Waals surface area contributed by atoms with Crippen LogP contribution < -0.4 is 5.73 Å². The Labute approximate surface area is 102 Å². The highest BCUT2D eigenvalue weighted by atomic mass is 16.5. The Balaban J connectivity index is 2.88. The first-order chi connectivity index (χ1) is 8.02. The standard InChI is InChI=1S/C14H19NO2/c1-10(14(16)17-3)7-12-5-4-6-13(9-12)8-11(2)15/h4-7,9,11H,8,15H2,1-3H3. The van der Waals surface area contributed by atoms with Crippen LogP contribution in [-0.2, 0) is 16.0 Å². The Kier molecular flexibility index (Phi) is 4.91. The summed E-state index contributed by atoms with van der Waals surface area (Å²) in [5.74, 6) is -0.303. The van der Waals surface area contributed by atoms with Crippen LogP contribution in [0.5, 0.6) is 0 Å². The third kappa shape index (κ3) is 4.41. The normalized spacial score (nSPS) is 13.3. The molecular weight excluding hydrogens is 214 g/mol. The average Bonchev–Trinajstić information content (AvgIpc) is 2.27. The zero-order valence-corrected chi connectivity index (χ0v) is 10.6. The van der Waals surface area contributed by atoms with Crippen LogP contribution in [0.25, 0.3) is 6.08 Å². The largest absolute Gasteiger partial charge is 0.466 e. The lowest BCUT2D eigenvalue weighted by molar-refractivity contribution is -0.135. The van der Waals surface area contributed by atoms with Crippen molar-refractivity contribution in [3.8, 4) is 0 Å². The number of hydrogen-bond donors (Lipinski definition) is 1. The lowest BCUT2D eigenvalue weighted by Gasteiger charge is -2.06. The summed E-state index contributed by atoms with van der Waals surface area (Å²) in [5.41, 5.74) is 8.51. The van der Waals surface area contributed by atoms with Gasteiger partial charge in [0.15, 0.2) is 0 Å². The first-order valence-electron chi connectivity index (χ1n) is 5.64. The molecule has 0 aromatic heterocycles. The minimum atomic E-state index is -0.303. The van der Waals surface area contributed by atoms with Gasteiger partial charge in [-0.15, -0.1) is 0 Å². The van der Waals surface area contributed by atoms with Crippen molar-refractivity contribution in [1.82, 2.24) is 0 Å². The number of methoxy groups -OCH3 is 1. The zero-order valence-electron chi connectivity index (χ0n) is 10.6. The molecule has 1 unspecified atom stereocenters. The highest BCUT2D eigenvalue weighted by molar-refractivity contribution is 5.92. The van der Waals surface area contributed by atoms with E-state index in [-0.39, 0.29) is 12.0 Å². The molecule has 3 nitrogen and oxygen atoms in total. The van der Waals surface area contributed by atoms with Crippen LogP contribution in [0, 0.1) is 0 Å². The van der Waals surface area contributed by atoms with Gasteiger partial charge in [-0.3, -0.25) is 0 Å². The van der Waals surface area contributed by atoms with Gasteiger partial charge in [-0.05, 0) is 37.5 Å². The fourth-order valence-corrected chi connectivity index (χ4v) is 1.65. The summed E-state index contributed by atoms with van der Waals surface area (Å²) >= 11 is 0. The van der Waals surface area contributed by atoms with Gasteiger partial charge >= 0.3 is 5.97 Å². The first kappa shape index (κ1) is 13.5. The third-order valence-corrected chi connectivity index (χ3v) is 2.40. The molecule has 0 saturated heterocycles. The number of ether oxygens (including phenoxy) is 1.